The van der Waals surface area contributed by atoms with Crippen molar-refractivity contribution in [3.63, 3.8) is 0 Å². The fourth-order valence-electron chi connectivity index (χ4n) is 2.90. The molecule has 1 heterocycles. The minimum absolute atomic E-state index is 0.258. The lowest BCUT2D eigenvalue weighted by atomic mass is 10.2. The number of urea groups is 1. The third-order valence-corrected chi connectivity index (χ3v) is 4.31. The molecule has 0 radical (unpaired) electrons. The van der Waals surface area contributed by atoms with Gasteiger partial charge in [0, 0.05) is 34.3 Å². The number of nitrogens with one attached hydrogen (secondary N) is 2. The van der Waals surface area contributed by atoms with Crippen LogP contribution in [0.25, 0.3) is 5.69 Å². The smallest absolute Gasteiger partial charge is 0.319 e. The zero-order valence-corrected chi connectivity index (χ0v) is 15.0. The van der Waals surface area contributed by atoms with Gasteiger partial charge >= 0.3 is 6.03 Å². The normalized spacial score (nSPS) is 10.5. The minimum Gasteiger partial charge on any atom is -0.334 e. The Morgan fingerprint density at radius 2 is 1.80 bits per heavy atom. The van der Waals surface area contributed by atoms with Crippen molar-refractivity contribution in [3.8, 4) is 5.69 Å². The average molecular weight is 354 g/mol. The van der Waals surface area contributed by atoms with Gasteiger partial charge in [0.2, 0.25) is 0 Å². The quantitative estimate of drug-likeness (QED) is 0.675. The molecule has 0 spiro atoms. The summed E-state index contributed by atoms with van der Waals surface area (Å²) in [7, 11) is 0. The molecule has 2 N–H and O–H groups in total. The second kappa shape index (κ2) is 7.45. The Balaban J connectivity index is 1.69. The molecule has 0 unspecified atom stereocenters. The molecule has 4 nitrogen and oxygen atoms in total. The Morgan fingerprint density at radius 1 is 1.04 bits per heavy atom. The number of hydrogen-bond acceptors (Lipinski definition) is 1. The predicted molar refractivity (Wildman–Crippen MR) is 103 cm³/mol. The highest BCUT2D eigenvalue weighted by Crippen LogP contribution is 2.20. The van der Waals surface area contributed by atoms with Gasteiger partial charge in [-0.25, -0.2) is 4.79 Å². The fourth-order valence-corrected chi connectivity index (χ4v) is 3.09. The second-order valence-corrected chi connectivity index (χ2v) is 6.32. The Hall–Kier alpha value is -2.72. The van der Waals surface area contributed by atoms with Gasteiger partial charge in [0.1, 0.15) is 0 Å². The van der Waals surface area contributed by atoms with Crippen molar-refractivity contribution in [1.82, 2.24) is 9.88 Å². The van der Waals surface area contributed by atoms with Crippen LogP contribution in [-0.4, -0.2) is 10.6 Å². The predicted octanol–water partition coefficient (Wildman–Crippen LogP) is 5.07. The van der Waals surface area contributed by atoms with Crippen LogP contribution in [0.5, 0.6) is 0 Å². The van der Waals surface area contributed by atoms with Gasteiger partial charge in [0.25, 0.3) is 0 Å². The van der Waals surface area contributed by atoms with Crippen LogP contribution < -0.4 is 10.6 Å². The van der Waals surface area contributed by atoms with Crippen molar-refractivity contribution in [2.75, 3.05) is 5.32 Å². The molecule has 1 aromatic heterocycles. The van der Waals surface area contributed by atoms with Crippen LogP contribution >= 0.6 is 11.6 Å². The van der Waals surface area contributed by atoms with Crippen molar-refractivity contribution in [2.45, 2.75) is 20.4 Å². The largest absolute Gasteiger partial charge is 0.334 e. The molecule has 0 bridgehead atoms. The molecule has 0 aliphatic carbocycles. The Labute approximate surface area is 152 Å². The number of benzene rings is 2. The molecule has 5 heteroatoms. The third kappa shape index (κ3) is 4.03. The van der Waals surface area contributed by atoms with Gasteiger partial charge in [-0.3, -0.25) is 0 Å². The number of carbonyl (C=O) groups is 1. The van der Waals surface area contributed by atoms with Crippen LogP contribution in [0.1, 0.15) is 17.0 Å². The van der Waals surface area contributed by atoms with Crippen molar-refractivity contribution >= 4 is 23.3 Å². The van der Waals surface area contributed by atoms with Crippen LogP contribution in [0.2, 0.25) is 5.02 Å². The van der Waals surface area contributed by atoms with E-state index in [1.165, 1.54) is 0 Å². The number of amides is 2. The summed E-state index contributed by atoms with van der Waals surface area (Å²) in [5.41, 5.74) is 5.12. The van der Waals surface area contributed by atoms with Gasteiger partial charge in [-0.1, -0.05) is 35.9 Å². The highest BCUT2D eigenvalue weighted by molar-refractivity contribution is 6.30. The van der Waals surface area contributed by atoms with Gasteiger partial charge in [-0.2, -0.15) is 0 Å². The SMILES string of the molecule is Cc1cc(CNC(=O)Nc2cccc(Cl)c2)c(C)n1-c1ccccc1. The number of carbonyl (C=O) groups excluding carboxylic acids is 1. The van der Waals surface area contributed by atoms with Crippen molar-refractivity contribution in [3.05, 3.63) is 82.6 Å². The molecule has 0 saturated carbocycles. The van der Waals surface area contributed by atoms with E-state index in [4.69, 9.17) is 11.6 Å². The first kappa shape index (κ1) is 17.1. The lowest BCUT2D eigenvalue weighted by Gasteiger charge is -2.11. The zero-order valence-electron chi connectivity index (χ0n) is 14.2. The summed E-state index contributed by atoms with van der Waals surface area (Å²) in [4.78, 5) is 12.1. The van der Waals surface area contributed by atoms with E-state index in [9.17, 15) is 4.79 Å². The first-order valence-electron chi connectivity index (χ1n) is 8.08. The summed E-state index contributed by atoms with van der Waals surface area (Å²) in [6.45, 7) is 4.58. The molecule has 0 aliphatic heterocycles. The van der Waals surface area contributed by atoms with Gasteiger partial charge in [0.05, 0.1) is 0 Å². The van der Waals surface area contributed by atoms with Crippen LogP contribution in [0, 0.1) is 13.8 Å². The van der Waals surface area contributed by atoms with Gasteiger partial charge in [0.15, 0.2) is 0 Å². The molecule has 2 amide bonds. The second-order valence-electron chi connectivity index (χ2n) is 5.89. The maximum atomic E-state index is 12.1. The number of rotatable bonds is 4. The van der Waals surface area contributed by atoms with Crippen molar-refractivity contribution in [1.29, 1.82) is 0 Å². The molecule has 128 valence electrons. The van der Waals surface area contributed by atoms with E-state index in [2.05, 4.69) is 47.2 Å². The number of anilines is 1. The minimum atomic E-state index is -0.258. The molecule has 0 saturated heterocycles. The molecule has 2 aromatic carbocycles. The summed E-state index contributed by atoms with van der Waals surface area (Å²) >= 11 is 5.93. The standard InChI is InChI=1S/C20H20ClN3O/c1-14-11-16(15(2)24(14)19-9-4-3-5-10-19)13-22-20(25)23-18-8-6-7-17(21)12-18/h3-12H,13H2,1-2H3,(H2,22,23,25). The number of nitrogens with zero attached hydrogens (tertiary/aromatic N) is 1. The molecule has 25 heavy (non-hydrogen) atoms. The summed E-state index contributed by atoms with van der Waals surface area (Å²) in [6.07, 6.45) is 0. The van der Waals surface area contributed by atoms with Crippen LogP contribution in [0.4, 0.5) is 10.5 Å². The Bertz CT molecular complexity index is 887. The molecular formula is C20H20ClN3O. The zero-order chi connectivity index (χ0) is 17.8. The molecular weight excluding hydrogens is 334 g/mol. The topological polar surface area (TPSA) is 46.1 Å². The average Bonchev–Trinajstić information content (AvgIpc) is 2.87. The first-order valence-corrected chi connectivity index (χ1v) is 8.46. The van der Waals surface area contributed by atoms with E-state index in [1.807, 2.05) is 18.2 Å². The van der Waals surface area contributed by atoms with E-state index in [-0.39, 0.29) is 6.03 Å². The summed E-state index contributed by atoms with van der Waals surface area (Å²) in [6, 6.07) is 19.1. The van der Waals surface area contributed by atoms with Crippen LogP contribution in [-0.2, 0) is 6.54 Å². The lowest BCUT2D eigenvalue weighted by Crippen LogP contribution is -2.28. The summed E-state index contributed by atoms with van der Waals surface area (Å²) < 4.78 is 2.19. The van der Waals surface area contributed by atoms with E-state index >= 15 is 0 Å². The molecule has 0 aliphatic rings. The number of aryl methyl sites for hydroxylation is 1. The number of aromatic nitrogens is 1. The molecule has 3 aromatic rings. The summed E-state index contributed by atoms with van der Waals surface area (Å²) in [5.74, 6) is 0. The van der Waals surface area contributed by atoms with Crippen molar-refractivity contribution in [2.24, 2.45) is 0 Å². The Kier molecular flexibility index (Phi) is 5.10. The maximum Gasteiger partial charge on any atom is 0.319 e. The fraction of sp³-hybridized carbons (Fsp3) is 0.150. The molecule has 0 atom stereocenters. The van der Waals surface area contributed by atoms with Crippen LogP contribution in [0.15, 0.2) is 60.7 Å². The third-order valence-electron chi connectivity index (χ3n) is 4.07. The summed E-state index contributed by atoms with van der Waals surface area (Å²) in [5, 5.41) is 6.26. The van der Waals surface area contributed by atoms with E-state index in [0.29, 0.717) is 17.3 Å². The van der Waals surface area contributed by atoms with E-state index in [0.717, 1.165) is 22.6 Å². The van der Waals surface area contributed by atoms with Gasteiger partial charge in [-0.15, -0.1) is 0 Å². The molecule has 3 rings (SSSR count). The van der Waals surface area contributed by atoms with Gasteiger partial charge < -0.3 is 15.2 Å². The monoisotopic (exact) mass is 353 g/mol. The van der Waals surface area contributed by atoms with E-state index in [1.54, 1.807) is 24.3 Å². The first-order chi connectivity index (χ1) is 12.0. The van der Waals surface area contributed by atoms with Crippen LogP contribution in [0.3, 0.4) is 0 Å². The maximum absolute atomic E-state index is 12.1. The molecule has 0 fully saturated rings. The number of halogens is 1. The highest BCUT2D eigenvalue weighted by Gasteiger charge is 2.11. The Morgan fingerprint density at radius 3 is 2.52 bits per heavy atom. The van der Waals surface area contributed by atoms with E-state index < -0.39 is 0 Å². The van der Waals surface area contributed by atoms with Crippen molar-refractivity contribution < 1.29 is 4.79 Å². The highest BCUT2D eigenvalue weighted by atomic mass is 35.5. The number of para-hydroxylation sites is 1. The van der Waals surface area contributed by atoms with Gasteiger partial charge in [-0.05, 0) is 55.8 Å². The number of hydrogen-bond donors (Lipinski definition) is 2. The lowest BCUT2D eigenvalue weighted by molar-refractivity contribution is 0.251.